The van der Waals surface area contributed by atoms with Gasteiger partial charge < -0.3 is 0 Å². The van der Waals surface area contributed by atoms with Gasteiger partial charge in [-0.3, -0.25) is 4.98 Å². The number of aryl methyl sites for hydroxylation is 1. The summed E-state index contributed by atoms with van der Waals surface area (Å²) in [4.78, 5) is 5.01. The molecule has 2 aromatic heterocycles. The summed E-state index contributed by atoms with van der Waals surface area (Å²) in [7, 11) is -1.97. The maximum absolute atomic E-state index is 12.7. The van der Waals surface area contributed by atoms with Gasteiger partial charge in [0.2, 0.25) is 10.0 Å². The first-order valence-electron chi connectivity index (χ1n) is 5.95. The van der Waals surface area contributed by atoms with E-state index in [2.05, 4.69) is 4.98 Å². The third-order valence-corrected chi connectivity index (χ3v) is 6.60. The lowest BCUT2D eigenvalue weighted by Crippen LogP contribution is -2.27. The third-order valence-electron chi connectivity index (χ3n) is 2.91. The molecular weight excluding hydrogens is 316 g/mol. The normalized spacial score (nSPS) is 12.0. The summed E-state index contributed by atoms with van der Waals surface area (Å²) in [6.45, 7) is 2.07. The molecule has 0 bridgehead atoms. The van der Waals surface area contributed by atoms with Crippen molar-refractivity contribution in [3.63, 3.8) is 0 Å². The second kappa shape index (κ2) is 6.22. The molecule has 0 spiro atoms. The summed E-state index contributed by atoms with van der Waals surface area (Å²) >= 11 is 7.21. The smallest absolute Gasteiger partial charge is 0.244 e. The van der Waals surface area contributed by atoms with E-state index < -0.39 is 10.0 Å². The van der Waals surface area contributed by atoms with Crippen molar-refractivity contribution >= 4 is 33.0 Å². The highest BCUT2D eigenvalue weighted by Crippen LogP contribution is 2.30. The Hall–Kier alpha value is -0.950. The molecule has 0 N–H and O–H groups in total. The van der Waals surface area contributed by atoms with Crippen molar-refractivity contribution in [1.82, 2.24) is 9.29 Å². The van der Waals surface area contributed by atoms with Crippen molar-refractivity contribution in [3.8, 4) is 0 Å². The van der Waals surface area contributed by atoms with Crippen molar-refractivity contribution in [2.75, 3.05) is 7.05 Å². The molecule has 0 fully saturated rings. The molecule has 0 saturated carbocycles. The van der Waals surface area contributed by atoms with E-state index in [9.17, 15) is 8.42 Å². The van der Waals surface area contributed by atoms with Crippen LogP contribution in [0.25, 0.3) is 0 Å². The molecule has 0 aromatic carbocycles. The van der Waals surface area contributed by atoms with E-state index in [-0.39, 0.29) is 12.4 Å². The lowest BCUT2D eigenvalue weighted by Gasteiger charge is -2.18. The van der Waals surface area contributed by atoms with Crippen LogP contribution in [0.4, 0.5) is 0 Å². The summed E-state index contributed by atoms with van der Waals surface area (Å²) in [6, 6.07) is 3.64. The molecule has 108 valence electrons. The second-order valence-corrected chi connectivity index (χ2v) is 7.64. The maximum Gasteiger partial charge on any atom is 0.244 e. The van der Waals surface area contributed by atoms with Crippen LogP contribution >= 0.6 is 22.9 Å². The van der Waals surface area contributed by atoms with Gasteiger partial charge in [0.05, 0.1) is 5.88 Å². The van der Waals surface area contributed by atoms with Crippen LogP contribution in [0.2, 0.25) is 0 Å². The van der Waals surface area contributed by atoms with E-state index in [1.807, 2.05) is 11.4 Å². The van der Waals surface area contributed by atoms with Gasteiger partial charge in [-0.2, -0.15) is 4.31 Å². The molecule has 4 nitrogen and oxygen atoms in total. The molecule has 2 aromatic rings. The average molecular weight is 331 g/mol. The minimum Gasteiger partial charge on any atom is -0.264 e. The molecule has 0 aliphatic heterocycles. The Bertz CT molecular complexity index is 684. The summed E-state index contributed by atoms with van der Waals surface area (Å²) in [5, 5.41) is 1.82. The Labute approximate surface area is 128 Å². The molecule has 0 aliphatic carbocycles. The van der Waals surface area contributed by atoms with Crippen LogP contribution in [-0.4, -0.2) is 24.8 Å². The SMILES string of the molecule is Cc1csc(CCl)c1S(=O)(=O)N(C)Cc1cccnc1. The Balaban J connectivity index is 2.32. The summed E-state index contributed by atoms with van der Waals surface area (Å²) in [5.41, 5.74) is 1.59. The maximum atomic E-state index is 12.7. The van der Waals surface area contributed by atoms with Gasteiger partial charge >= 0.3 is 0 Å². The molecule has 0 unspecified atom stereocenters. The van der Waals surface area contributed by atoms with E-state index in [1.165, 1.54) is 15.6 Å². The van der Waals surface area contributed by atoms with E-state index in [0.717, 1.165) is 11.1 Å². The second-order valence-electron chi connectivity index (χ2n) is 4.43. The van der Waals surface area contributed by atoms with E-state index in [4.69, 9.17) is 11.6 Å². The van der Waals surface area contributed by atoms with Gasteiger partial charge in [-0.15, -0.1) is 22.9 Å². The van der Waals surface area contributed by atoms with Crippen LogP contribution in [-0.2, 0) is 22.4 Å². The molecule has 0 saturated heterocycles. The first kappa shape index (κ1) is 15.4. The number of alkyl halides is 1. The fourth-order valence-electron chi connectivity index (χ4n) is 1.92. The number of rotatable bonds is 5. The Kier molecular flexibility index (Phi) is 4.80. The summed E-state index contributed by atoms with van der Waals surface area (Å²) < 4.78 is 26.6. The van der Waals surface area contributed by atoms with E-state index >= 15 is 0 Å². The van der Waals surface area contributed by atoms with Gasteiger partial charge in [-0.25, -0.2) is 8.42 Å². The molecule has 2 rings (SSSR count). The number of nitrogens with zero attached hydrogens (tertiary/aromatic N) is 2. The largest absolute Gasteiger partial charge is 0.264 e. The van der Waals surface area contributed by atoms with Gasteiger partial charge in [0.15, 0.2) is 0 Å². The first-order valence-corrected chi connectivity index (χ1v) is 8.80. The number of pyridine rings is 1. The fraction of sp³-hybridized carbons (Fsp3) is 0.308. The predicted molar refractivity (Wildman–Crippen MR) is 81.5 cm³/mol. The van der Waals surface area contributed by atoms with Gasteiger partial charge in [0.25, 0.3) is 0 Å². The van der Waals surface area contributed by atoms with Crippen molar-refractivity contribution in [2.45, 2.75) is 24.2 Å². The first-order chi connectivity index (χ1) is 9.46. The number of thiophene rings is 1. The Morgan fingerprint density at radius 2 is 2.20 bits per heavy atom. The molecule has 2 heterocycles. The van der Waals surface area contributed by atoms with Crippen LogP contribution in [0.5, 0.6) is 0 Å². The molecule has 7 heteroatoms. The Morgan fingerprint density at radius 3 is 2.80 bits per heavy atom. The van der Waals surface area contributed by atoms with E-state index in [1.54, 1.807) is 32.4 Å². The zero-order valence-electron chi connectivity index (χ0n) is 11.2. The van der Waals surface area contributed by atoms with Crippen LogP contribution in [0.3, 0.4) is 0 Å². The topological polar surface area (TPSA) is 50.3 Å². The monoisotopic (exact) mass is 330 g/mol. The van der Waals surface area contributed by atoms with Crippen molar-refractivity contribution in [3.05, 3.63) is 45.9 Å². The Morgan fingerprint density at radius 1 is 1.45 bits per heavy atom. The molecule has 0 atom stereocenters. The third kappa shape index (κ3) is 3.03. The zero-order chi connectivity index (χ0) is 14.8. The standard InChI is InChI=1S/C13H15ClN2O2S2/c1-10-9-19-12(6-14)13(10)20(17,18)16(2)8-11-4-3-5-15-7-11/h3-5,7,9H,6,8H2,1-2H3. The van der Waals surface area contributed by atoms with Gasteiger partial charge in [-0.1, -0.05) is 6.07 Å². The van der Waals surface area contributed by atoms with Crippen LogP contribution in [0, 0.1) is 6.92 Å². The van der Waals surface area contributed by atoms with Crippen molar-refractivity contribution < 1.29 is 8.42 Å². The van der Waals surface area contributed by atoms with Gasteiger partial charge in [0.1, 0.15) is 4.90 Å². The molecule has 0 amide bonds. The molecule has 20 heavy (non-hydrogen) atoms. The molecule has 0 aliphatic rings. The van der Waals surface area contributed by atoms with Crippen LogP contribution in [0.1, 0.15) is 16.0 Å². The average Bonchev–Trinajstić information content (AvgIpc) is 2.81. The fourth-order valence-corrected chi connectivity index (χ4v) is 5.08. The highest BCUT2D eigenvalue weighted by atomic mass is 35.5. The van der Waals surface area contributed by atoms with Crippen molar-refractivity contribution in [2.24, 2.45) is 0 Å². The summed E-state index contributed by atoms with van der Waals surface area (Å²) in [5.74, 6) is 0.202. The number of aromatic nitrogens is 1. The predicted octanol–water partition coefficient (Wildman–Crippen LogP) is 3.01. The van der Waals surface area contributed by atoms with Gasteiger partial charge in [-0.05, 0) is 29.5 Å². The zero-order valence-corrected chi connectivity index (χ0v) is 13.6. The molecule has 0 radical (unpaired) electrons. The number of hydrogen-bond acceptors (Lipinski definition) is 4. The van der Waals surface area contributed by atoms with E-state index in [0.29, 0.717) is 9.77 Å². The highest BCUT2D eigenvalue weighted by molar-refractivity contribution is 7.89. The lowest BCUT2D eigenvalue weighted by molar-refractivity contribution is 0.465. The molecular formula is C13H15ClN2O2S2. The van der Waals surface area contributed by atoms with Crippen LogP contribution in [0.15, 0.2) is 34.8 Å². The van der Waals surface area contributed by atoms with Crippen LogP contribution < -0.4 is 0 Å². The number of sulfonamides is 1. The number of halogens is 1. The minimum absolute atomic E-state index is 0.202. The highest BCUT2D eigenvalue weighted by Gasteiger charge is 2.27. The van der Waals surface area contributed by atoms with Gasteiger partial charge in [0, 0.05) is 30.9 Å². The quantitative estimate of drug-likeness (QED) is 0.792. The van der Waals surface area contributed by atoms with Crippen molar-refractivity contribution in [1.29, 1.82) is 0 Å². The summed E-state index contributed by atoms with van der Waals surface area (Å²) in [6.07, 6.45) is 3.32. The number of hydrogen-bond donors (Lipinski definition) is 0. The minimum atomic E-state index is -3.54. The lowest BCUT2D eigenvalue weighted by atomic mass is 10.3.